The maximum absolute atomic E-state index is 13.2. The van der Waals surface area contributed by atoms with E-state index in [1.165, 1.54) is 62.3 Å². The first kappa shape index (κ1) is 19.2. The van der Waals surface area contributed by atoms with Gasteiger partial charge < -0.3 is 14.2 Å². The molecule has 2 aromatic carbocycles. The third-order valence-corrected chi connectivity index (χ3v) is 5.20. The minimum absolute atomic E-state index is 0.284. The summed E-state index contributed by atoms with van der Waals surface area (Å²) >= 11 is 6.50. The summed E-state index contributed by atoms with van der Waals surface area (Å²) in [6.45, 7) is 0. The normalized spacial score (nSPS) is 15.4. The van der Waals surface area contributed by atoms with Crippen molar-refractivity contribution >= 4 is 46.0 Å². The zero-order valence-electron chi connectivity index (χ0n) is 14.8. The van der Waals surface area contributed by atoms with E-state index in [0.29, 0.717) is 37.7 Å². The van der Waals surface area contributed by atoms with Gasteiger partial charge in [-0.2, -0.15) is 0 Å². The molecule has 0 radical (unpaired) electrons. The maximum atomic E-state index is 13.2. The number of rotatable bonds is 5. The van der Waals surface area contributed by atoms with Gasteiger partial charge in [0.05, 0.1) is 31.9 Å². The Morgan fingerprint density at radius 3 is 2.26 bits per heavy atom. The first-order valence-electron chi connectivity index (χ1n) is 7.82. The van der Waals surface area contributed by atoms with Crippen molar-refractivity contribution in [3.63, 3.8) is 0 Å². The summed E-state index contributed by atoms with van der Waals surface area (Å²) in [5, 5.41) is 0. The average molecular weight is 405 g/mol. The van der Waals surface area contributed by atoms with Crippen molar-refractivity contribution in [1.82, 2.24) is 0 Å². The summed E-state index contributed by atoms with van der Waals surface area (Å²) in [7, 11) is 4.56. The van der Waals surface area contributed by atoms with E-state index < -0.39 is 0 Å². The highest BCUT2D eigenvalue weighted by Crippen LogP contribution is 2.43. The quantitative estimate of drug-likeness (QED) is 0.547. The number of hydrogen-bond acceptors (Lipinski definition) is 6. The predicted octanol–water partition coefficient (Wildman–Crippen LogP) is 4.26. The molecule has 1 aliphatic rings. The van der Waals surface area contributed by atoms with Crippen molar-refractivity contribution in [1.29, 1.82) is 0 Å². The molecule has 2 aromatic rings. The lowest BCUT2D eigenvalue weighted by Crippen LogP contribution is -2.27. The van der Waals surface area contributed by atoms with Crippen molar-refractivity contribution in [2.24, 2.45) is 0 Å². The van der Waals surface area contributed by atoms with Crippen LogP contribution in [-0.4, -0.2) is 31.6 Å². The number of thiocarbonyl (C=S) groups is 1. The molecule has 0 aromatic heterocycles. The van der Waals surface area contributed by atoms with Crippen LogP contribution in [0.5, 0.6) is 17.2 Å². The third kappa shape index (κ3) is 3.63. The van der Waals surface area contributed by atoms with Gasteiger partial charge in [-0.3, -0.25) is 9.69 Å². The molecule has 1 saturated heterocycles. The van der Waals surface area contributed by atoms with Gasteiger partial charge in [0.1, 0.15) is 5.82 Å². The van der Waals surface area contributed by atoms with Crippen LogP contribution < -0.4 is 19.1 Å². The highest BCUT2D eigenvalue weighted by Gasteiger charge is 2.33. The summed E-state index contributed by atoms with van der Waals surface area (Å²) in [6.07, 6.45) is 1.68. The van der Waals surface area contributed by atoms with Crippen LogP contribution in [0.4, 0.5) is 10.1 Å². The largest absolute Gasteiger partial charge is 0.493 e. The highest BCUT2D eigenvalue weighted by atomic mass is 32.2. The fraction of sp³-hybridized carbons (Fsp3) is 0.158. The summed E-state index contributed by atoms with van der Waals surface area (Å²) < 4.78 is 29.6. The Kier molecular flexibility index (Phi) is 5.67. The number of methoxy groups -OCH3 is 3. The van der Waals surface area contributed by atoms with Gasteiger partial charge in [-0.1, -0.05) is 24.0 Å². The molecule has 140 valence electrons. The molecule has 0 unspecified atom stereocenters. The molecular formula is C19H16FNO4S2. The lowest BCUT2D eigenvalue weighted by atomic mass is 10.1. The monoisotopic (exact) mass is 405 g/mol. The van der Waals surface area contributed by atoms with Gasteiger partial charge in [-0.15, -0.1) is 0 Å². The van der Waals surface area contributed by atoms with Crippen LogP contribution in [0.15, 0.2) is 41.3 Å². The Hall–Kier alpha value is -2.58. The second kappa shape index (κ2) is 7.98. The molecule has 3 rings (SSSR count). The van der Waals surface area contributed by atoms with Gasteiger partial charge in [-0.25, -0.2) is 4.39 Å². The minimum Gasteiger partial charge on any atom is -0.493 e. The zero-order valence-corrected chi connectivity index (χ0v) is 16.4. The average Bonchev–Trinajstić information content (AvgIpc) is 2.95. The second-order valence-corrected chi connectivity index (χ2v) is 7.09. The topological polar surface area (TPSA) is 48.0 Å². The van der Waals surface area contributed by atoms with Crippen LogP contribution in [-0.2, 0) is 4.79 Å². The molecule has 1 fully saturated rings. The number of carbonyl (C=O) groups excluding carboxylic acids is 1. The number of amides is 1. The predicted molar refractivity (Wildman–Crippen MR) is 108 cm³/mol. The molecule has 0 aliphatic carbocycles. The SMILES string of the molecule is COc1ccc(/C=C2\SC(=S)N(c3ccc(F)cc3)C2=O)c(OC)c1OC. The van der Waals surface area contributed by atoms with Gasteiger partial charge in [0.2, 0.25) is 5.75 Å². The molecule has 0 saturated carbocycles. The number of nitrogens with zero attached hydrogens (tertiary/aromatic N) is 1. The molecular weight excluding hydrogens is 389 g/mol. The number of anilines is 1. The zero-order chi connectivity index (χ0) is 19.6. The number of benzene rings is 2. The first-order valence-corrected chi connectivity index (χ1v) is 9.05. The summed E-state index contributed by atoms with van der Waals surface area (Å²) in [5.74, 6) is 0.736. The van der Waals surface area contributed by atoms with Gasteiger partial charge in [-0.05, 0) is 42.5 Å². The van der Waals surface area contributed by atoms with Crippen LogP contribution in [0, 0.1) is 5.82 Å². The Bertz CT molecular complexity index is 928. The number of thioether (sulfide) groups is 1. The number of hydrogen-bond donors (Lipinski definition) is 0. The maximum Gasteiger partial charge on any atom is 0.270 e. The first-order chi connectivity index (χ1) is 13.0. The third-order valence-electron chi connectivity index (χ3n) is 3.90. The summed E-state index contributed by atoms with van der Waals surface area (Å²) in [4.78, 5) is 14.6. The number of carbonyl (C=O) groups is 1. The van der Waals surface area contributed by atoms with E-state index >= 15 is 0 Å². The van der Waals surface area contributed by atoms with Crippen molar-refractivity contribution < 1.29 is 23.4 Å². The Morgan fingerprint density at radius 2 is 1.67 bits per heavy atom. The van der Waals surface area contributed by atoms with E-state index in [4.69, 9.17) is 26.4 Å². The molecule has 0 atom stereocenters. The Labute approximate surface area is 165 Å². The fourth-order valence-electron chi connectivity index (χ4n) is 2.66. The molecule has 1 aliphatic heterocycles. The van der Waals surface area contributed by atoms with Crippen molar-refractivity contribution in [3.8, 4) is 17.2 Å². The van der Waals surface area contributed by atoms with E-state index in [2.05, 4.69) is 0 Å². The van der Waals surface area contributed by atoms with Crippen LogP contribution in [0.3, 0.4) is 0 Å². The molecule has 8 heteroatoms. The van der Waals surface area contributed by atoms with Crippen LogP contribution >= 0.6 is 24.0 Å². The lowest BCUT2D eigenvalue weighted by Gasteiger charge is -2.15. The highest BCUT2D eigenvalue weighted by molar-refractivity contribution is 8.27. The van der Waals surface area contributed by atoms with Crippen LogP contribution in [0.25, 0.3) is 6.08 Å². The molecule has 5 nitrogen and oxygen atoms in total. The van der Waals surface area contributed by atoms with Crippen LogP contribution in [0.2, 0.25) is 0 Å². The number of ether oxygens (including phenoxy) is 3. The molecule has 0 N–H and O–H groups in total. The lowest BCUT2D eigenvalue weighted by molar-refractivity contribution is -0.113. The number of halogens is 1. The van der Waals surface area contributed by atoms with Crippen LogP contribution in [0.1, 0.15) is 5.56 Å². The summed E-state index contributed by atoms with van der Waals surface area (Å²) in [5.41, 5.74) is 1.16. The Balaban J connectivity index is 2.00. The molecule has 0 bridgehead atoms. The van der Waals surface area contributed by atoms with E-state index in [0.717, 1.165) is 0 Å². The molecule has 0 spiro atoms. The second-order valence-electron chi connectivity index (χ2n) is 5.42. The minimum atomic E-state index is -0.380. The fourth-order valence-corrected chi connectivity index (χ4v) is 3.95. The smallest absolute Gasteiger partial charge is 0.270 e. The van der Waals surface area contributed by atoms with Crippen molar-refractivity contribution in [2.75, 3.05) is 26.2 Å². The summed E-state index contributed by atoms with van der Waals surface area (Å²) in [6, 6.07) is 9.10. The van der Waals surface area contributed by atoms with Crippen molar-refractivity contribution in [3.05, 3.63) is 52.7 Å². The van der Waals surface area contributed by atoms with E-state index in [9.17, 15) is 9.18 Å². The van der Waals surface area contributed by atoms with Crippen molar-refractivity contribution in [2.45, 2.75) is 0 Å². The molecule has 1 heterocycles. The van der Waals surface area contributed by atoms with E-state index in [1.807, 2.05) is 0 Å². The van der Waals surface area contributed by atoms with E-state index in [-0.39, 0.29) is 11.7 Å². The van der Waals surface area contributed by atoms with E-state index in [1.54, 1.807) is 18.2 Å². The molecule has 1 amide bonds. The standard InChI is InChI=1S/C19H16FNO4S2/c1-23-14-9-4-11(16(24-2)17(14)25-3)10-15-18(22)21(19(26)27-15)13-7-5-12(20)6-8-13/h4-10H,1-3H3/b15-10-. The van der Waals surface area contributed by atoms with Gasteiger partial charge in [0, 0.05) is 5.56 Å². The van der Waals surface area contributed by atoms with Gasteiger partial charge in [0.25, 0.3) is 5.91 Å². The van der Waals surface area contributed by atoms with Gasteiger partial charge >= 0.3 is 0 Å². The molecule has 27 heavy (non-hydrogen) atoms. The van der Waals surface area contributed by atoms with Gasteiger partial charge in [0.15, 0.2) is 15.8 Å². The Morgan fingerprint density at radius 1 is 1.00 bits per heavy atom.